The molecule has 3 heterocycles. The summed E-state index contributed by atoms with van der Waals surface area (Å²) in [5.41, 5.74) is 0. The Bertz CT molecular complexity index is 808. The van der Waals surface area contributed by atoms with Crippen molar-refractivity contribution in [2.45, 2.75) is 38.2 Å². The first-order valence-corrected chi connectivity index (χ1v) is 10.7. The minimum atomic E-state index is 0.215. The maximum atomic E-state index is 5.97. The van der Waals surface area contributed by atoms with E-state index in [-0.39, 0.29) is 6.10 Å². The highest BCUT2D eigenvalue weighted by Gasteiger charge is 2.18. The third-order valence-electron chi connectivity index (χ3n) is 5.07. The number of hydrogen-bond donors (Lipinski definition) is 2. The van der Waals surface area contributed by atoms with Crippen LogP contribution in [-0.2, 0) is 4.74 Å². The normalized spacial score (nSPS) is 19.0. The monoisotopic (exact) mass is 413 g/mol. The van der Waals surface area contributed by atoms with E-state index >= 15 is 0 Å². The van der Waals surface area contributed by atoms with E-state index in [1.807, 2.05) is 36.4 Å². The van der Waals surface area contributed by atoms with E-state index in [1.54, 1.807) is 0 Å². The van der Waals surface area contributed by atoms with Crippen molar-refractivity contribution in [1.29, 1.82) is 0 Å². The molecule has 7 nitrogen and oxygen atoms in total. The van der Waals surface area contributed by atoms with Crippen molar-refractivity contribution in [3.63, 3.8) is 0 Å². The number of piperidine rings is 1. The van der Waals surface area contributed by atoms with Crippen LogP contribution in [0.15, 0.2) is 36.4 Å². The number of nitrogens with one attached hydrogen (secondary N) is 2. The summed E-state index contributed by atoms with van der Waals surface area (Å²) >= 11 is 5.43. The van der Waals surface area contributed by atoms with Gasteiger partial charge in [0.25, 0.3) is 0 Å². The van der Waals surface area contributed by atoms with Gasteiger partial charge in [-0.2, -0.15) is 9.97 Å². The van der Waals surface area contributed by atoms with Crippen LogP contribution in [0, 0.1) is 0 Å². The summed E-state index contributed by atoms with van der Waals surface area (Å²) in [5.74, 6) is 2.52. The highest BCUT2D eigenvalue weighted by Crippen LogP contribution is 2.26. The molecule has 1 aromatic carbocycles. The molecule has 2 N–H and O–H groups in total. The van der Waals surface area contributed by atoms with Crippen LogP contribution < -0.4 is 20.3 Å². The van der Waals surface area contributed by atoms with E-state index in [1.165, 1.54) is 19.3 Å². The average molecular weight is 414 g/mol. The fraction of sp³-hybridized carbons (Fsp3) is 0.476. The van der Waals surface area contributed by atoms with E-state index in [0.29, 0.717) is 23.5 Å². The molecular formula is C21H27N5O2S. The third-order valence-corrected chi connectivity index (χ3v) is 5.32. The molecule has 8 heteroatoms. The molecule has 0 saturated carbocycles. The SMILES string of the molecule is S=C(NC[C@H]1CCCO1)Nc1nc(Oc2ccccc2)cc(N2CCCCC2)n1. The molecule has 2 aliphatic rings. The van der Waals surface area contributed by atoms with Crippen LogP contribution in [0.25, 0.3) is 0 Å². The average Bonchev–Trinajstić information content (AvgIpc) is 3.27. The molecule has 2 fully saturated rings. The highest BCUT2D eigenvalue weighted by atomic mass is 32.1. The molecule has 2 aromatic rings. The van der Waals surface area contributed by atoms with E-state index in [9.17, 15) is 0 Å². The van der Waals surface area contributed by atoms with Gasteiger partial charge in [-0.15, -0.1) is 0 Å². The van der Waals surface area contributed by atoms with Crippen LogP contribution in [0.4, 0.5) is 11.8 Å². The van der Waals surface area contributed by atoms with Crippen molar-refractivity contribution in [2.75, 3.05) is 36.5 Å². The summed E-state index contributed by atoms with van der Waals surface area (Å²) in [6.07, 6.45) is 5.98. The molecule has 0 aliphatic carbocycles. The fourth-order valence-electron chi connectivity index (χ4n) is 3.57. The van der Waals surface area contributed by atoms with E-state index in [4.69, 9.17) is 21.7 Å². The van der Waals surface area contributed by atoms with Gasteiger partial charge in [0, 0.05) is 32.3 Å². The standard InChI is InChI=1S/C21H27N5O2S/c29-21(22-15-17-10-7-13-27-17)25-20-23-18(26-11-5-2-6-12-26)14-19(24-20)28-16-8-3-1-4-9-16/h1,3-4,8-9,14,17H,2,5-7,10-13,15H2,(H2,22,23,24,25,29)/t17-/m1/s1. The number of rotatable bonds is 6. The zero-order chi connectivity index (χ0) is 19.9. The molecule has 1 aromatic heterocycles. The van der Waals surface area contributed by atoms with Crippen molar-refractivity contribution >= 4 is 29.1 Å². The first kappa shape index (κ1) is 19.8. The Kier molecular flexibility index (Phi) is 6.74. The molecule has 2 aliphatic heterocycles. The number of aromatic nitrogens is 2. The maximum Gasteiger partial charge on any atom is 0.234 e. The van der Waals surface area contributed by atoms with Crippen molar-refractivity contribution in [3.8, 4) is 11.6 Å². The van der Waals surface area contributed by atoms with E-state index in [2.05, 4.69) is 25.5 Å². The first-order chi connectivity index (χ1) is 14.3. The zero-order valence-corrected chi connectivity index (χ0v) is 17.3. The van der Waals surface area contributed by atoms with Gasteiger partial charge in [0.1, 0.15) is 11.6 Å². The first-order valence-electron chi connectivity index (χ1n) is 10.3. The highest BCUT2D eigenvalue weighted by molar-refractivity contribution is 7.80. The lowest BCUT2D eigenvalue weighted by atomic mass is 10.1. The molecule has 4 rings (SSSR count). The lowest BCUT2D eigenvalue weighted by Crippen LogP contribution is -2.35. The molecule has 0 bridgehead atoms. The minimum absolute atomic E-state index is 0.215. The predicted molar refractivity (Wildman–Crippen MR) is 118 cm³/mol. The second-order valence-electron chi connectivity index (χ2n) is 7.32. The minimum Gasteiger partial charge on any atom is -0.439 e. The van der Waals surface area contributed by atoms with Gasteiger partial charge in [0.15, 0.2) is 5.11 Å². The second kappa shape index (κ2) is 9.84. The summed E-state index contributed by atoms with van der Waals surface area (Å²) in [6.45, 7) is 3.49. The predicted octanol–water partition coefficient (Wildman–Crippen LogP) is 3.72. The number of anilines is 2. The fourth-order valence-corrected chi connectivity index (χ4v) is 3.75. The van der Waals surface area contributed by atoms with Crippen LogP contribution in [0.2, 0.25) is 0 Å². The van der Waals surface area contributed by atoms with E-state index < -0.39 is 0 Å². The van der Waals surface area contributed by atoms with Gasteiger partial charge in [0.2, 0.25) is 11.8 Å². The van der Waals surface area contributed by atoms with E-state index in [0.717, 1.165) is 44.1 Å². The number of thiocarbonyl (C=S) groups is 1. The Morgan fingerprint density at radius 1 is 1.14 bits per heavy atom. The second-order valence-corrected chi connectivity index (χ2v) is 7.73. The Balaban J connectivity index is 1.47. The Labute approximate surface area is 176 Å². The van der Waals surface area contributed by atoms with Gasteiger partial charge in [-0.25, -0.2) is 0 Å². The number of benzene rings is 1. The maximum absolute atomic E-state index is 5.97. The quantitative estimate of drug-likeness (QED) is 0.695. The summed E-state index contributed by atoms with van der Waals surface area (Å²) in [5, 5.41) is 6.80. The number of hydrogen-bond acceptors (Lipinski definition) is 6. The summed E-state index contributed by atoms with van der Waals surface area (Å²) in [7, 11) is 0. The zero-order valence-electron chi connectivity index (χ0n) is 16.5. The van der Waals surface area contributed by atoms with Crippen molar-refractivity contribution in [1.82, 2.24) is 15.3 Å². The molecular weight excluding hydrogens is 386 g/mol. The molecule has 29 heavy (non-hydrogen) atoms. The van der Waals surface area contributed by atoms with Crippen molar-refractivity contribution < 1.29 is 9.47 Å². The number of para-hydroxylation sites is 1. The smallest absolute Gasteiger partial charge is 0.234 e. The number of ether oxygens (including phenoxy) is 2. The van der Waals surface area contributed by atoms with Gasteiger partial charge in [-0.3, -0.25) is 0 Å². The molecule has 0 amide bonds. The summed E-state index contributed by atoms with van der Waals surface area (Å²) in [4.78, 5) is 11.5. The van der Waals surface area contributed by atoms with Gasteiger partial charge < -0.3 is 25.0 Å². The van der Waals surface area contributed by atoms with Gasteiger partial charge in [-0.05, 0) is 56.5 Å². The Hall–Kier alpha value is -2.45. The van der Waals surface area contributed by atoms with Gasteiger partial charge in [0.05, 0.1) is 6.10 Å². The summed E-state index contributed by atoms with van der Waals surface area (Å²) in [6, 6.07) is 11.5. The van der Waals surface area contributed by atoms with Gasteiger partial charge in [-0.1, -0.05) is 18.2 Å². The third kappa shape index (κ3) is 5.77. The molecule has 0 radical (unpaired) electrons. The lowest BCUT2D eigenvalue weighted by Gasteiger charge is -2.28. The van der Waals surface area contributed by atoms with Crippen LogP contribution in [-0.4, -0.2) is 47.4 Å². The molecule has 1 atom stereocenters. The lowest BCUT2D eigenvalue weighted by molar-refractivity contribution is 0.114. The topological polar surface area (TPSA) is 71.5 Å². The molecule has 0 unspecified atom stereocenters. The van der Waals surface area contributed by atoms with Crippen molar-refractivity contribution in [2.24, 2.45) is 0 Å². The van der Waals surface area contributed by atoms with Crippen LogP contribution in [0.5, 0.6) is 11.6 Å². The van der Waals surface area contributed by atoms with Crippen molar-refractivity contribution in [3.05, 3.63) is 36.4 Å². The summed E-state index contributed by atoms with van der Waals surface area (Å²) < 4.78 is 11.6. The van der Waals surface area contributed by atoms with Crippen LogP contribution >= 0.6 is 12.2 Å². The number of nitrogens with zero attached hydrogens (tertiary/aromatic N) is 3. The largest absolute Gasteiger partial charge is 0.439 e. The van der Waals surface area contributed by atoms with Crippen LogP contribution in [0.1, 0.15) is 32.1 Å². The molecule has 0 spiro atoms. The Morgan fingerprint density at radius 3 is 2.72 bits per heavy atom. The molecule has 2 saturated heterocycles. The molecule has 154 valence electrons. The van der Waals surface area contributed by atoms with Crippen LogP contribution in [0.3, 0.4) is 0 Å². The van der Waals surface area contributed by atoms with Gasteiger partial charge >= 0.3 is 0 Å². The Morgan fingerprint density at radius 2 is 1.97 bits per heavy atom.